The lowest BCUT2D eigenvalue weighted by atomic mass is 9.91. The van der Waals surface area contributed by atoms with Crippen LogP contribution in [0.25, 0.3) is 0 Å². The molecule has 0 radical (unpaired) electrons. The summed E-state index contributed by atoms with van der Waals surface area (Å²) in [5.74, 6) is 1.65. The second-order valence-corrected chi connectivity index (χ2v) is 5.57. The third kappa shape index (κ3) is 2.69. The van der Waals surface area contributed by atoms with Gasteiger partial charge in [-0.05, 0) is 32.0 Å². The Morgan fingerprint density at radius 1 is 1.20 bits per heavy atom. The van der Waals surface area contributed by atoms with E-state index in [4.69, 9.17) is 9.47 Å². The number of nitrogens with one attached hydrogen (secondary N) is 1. The third-order valence-corrected chi connectivity index (χ3v) is 4.09. The summed E-state index contributed by atoms with van der Waals surface area (Å²) in [6, 6.07) is 6.07. The normalized spacial score (nSPS) is 20.8. The lowest BCUT2D eigenvalue weighted by Gasteiger charge is -2.39. The van der Waals surface area contributed by atoms with Crippen LogP contribution in [0.15, 0.2) is 18.2 Å². The van der Waals surface area contributed by atoms with Gasteiger partial charge in [0.25, 0.3) is 0 Å². The number of ether oxygens (including phenoxy) is 2. The summed E-state index contributed by atoms with van der Waals surface area (Å²) < 4.78 is 11.2. The van der Waals surface area contributed by atoms with Crippen LogP contribution in [-0.4, -0.2) is 50.6 Å². The molecule has 1 saturated heterocycles. The zero-order valence-electron chi connectivity index (χ0n) is 11.9. The van der Waals surface area contributed by atoms with Crippen molar-refractivity contribution in [1.82, 2.24) is 5.32 Å². The topological polar surface area (TPSA) is 54.0 Å². The molecule has 2 aliphatic heterocycles. The van der Waals surface area contributed by atoms with Gasteiger partial charge < -0.3 is 24.8 Å². The molecule has 0 spiro atoms. The van der Waals surface area contributed by atoms with Gasteiger partial charge in [-0.1, -0.05) is 0 Å². The Kier molecular flexibility index (Phi) is 3.72. The second kappa shape index (κ2) is 5.50. The molecule has 110 valence electrons. The van der Waals surface area contributed by atoms with Crippen molar-refractivity contribution in [2.24, 2.45) is 0 Å². The van der Waals surface area contributed by atoms with Crippen molar-refractivity contribution in [2.45, 2.75) is 18.4 Å². The van der Waals surface area contributed by atoms with E-state index in [0.717, 1.165) is 43.1 Å². The molecule has 0 atom stereocenters. The lowest BCUT2D eigenvalue weighted by molar-refractivity contribution is 0.0185. The fourth-order valence-electron chi connectivity index (χ4n) is 2.92. The molecular formula is C15H22N2O3. The Morgan fingerprint density at radius 2 is 1.90 bits per heavy atom. The van der Waals surface area contributed by atoms with Crippen LogP contribution in [0.4, 0.5) is 5.69 Å². The standard InChI is InChI=1S/C15H22N2O3/c1-16-11-15(18)4-6-17(7-5-15)12-2-3-13-14(10-12)20-9-8-19-13/h2-3,10,16,18H,4-9,11H2,1H3. The summed E-state index contributed by atoms with van der Waals surface area (Å²) in [4.78, 5) is 2.29. The highest BCUT2D eigenvalue weighted by Gasteiger charge is 2.31. The maximum Gasteiger partial charge on any atom is 0.163 e. The second-order valence-electron chi connectivity index (χ2n) is 5.57. The first-order valence-electron chi connectivity index (χ1n) is 7.22. The maximum absolute atomic E-state index is 10.4. The van der Waals surface area contributed by atoms with E-state index in [9.17, 15) is 5.11 Å². The SMILES string of the molecule is CNCC1(O)CCN(c2ccc3c(c2)OCCO3)CC1. The van der Waals surface area contributed by atoms with Crippen LogP contribution in [-0.2, 0) is 0 Å². The number of nitrogens with zero attached hydrogens (tertiary/aromatic N) is 1. The smallest absolute Gasteiger partial charge is 0.163 e. The van der Waals surface area contributed by atoms with E-state index in [1.807, 2.05) is 19.2 Å². The van der Waals surface area contributed by atoms with Crippen LogP contribution in [0.1, 0.15) is 12.8 Å². The number of fused-ring (bicyclic) bond motifs is 1. The molecule has 0 unspecified atom stereocenters. The molecule has 2 N–H and O–H groups in total. The van der Waals surface area contributed by atoms with Crippen molar-refractivity contribution in [2.75, 3.05) is 44.8 Å². The minimum atomic E-state index is -0.570. The molecule has 5 heteroatoms. The number of aliphatic hydroxyl groups is 1. The fraction of sp³-hybridized carbons (Fsp3) is 0.600. The van der Waals surface area contributed by atoms with Crippen molar-refractivity contribution < 1.29 is 14.6 Å². The summed E-state index contributed by atoms with van der Waals surface area (Å²) in [5.41, 5.74) is 0.569. The molecule has 1 fully saturated rings. The van der Waals surface area contributed by atoms with Gasteiger partial charge in [0.15, 0.2) is 11.5 Å². The monoisotopic (exact) mass is 278 g/mol. The highest BCUT2D eigenvalue weighted by Crippen LogP contribution is 2.35. The number of rotatable bonds is 3. The van der Waals surface area contributed by atoms with Gasteiger partial charge in [-0.3, -0.25) is 0 Å². The molecule has 2 heterocycles. The third-order valence-electron chi connectivity index (χ3n) is 4.09. The van der Waals surface area contributed by atoms with Gasteiger partial charge in [-0.25, -0.2) is 0 Å². The van der Waals surface area contributed by atoms with E-state index in [-0.39, 0.29) is 0 Å². The van der Waals surface area contributed by atoms with Gasteiger partial charge in [0.2, 0.25) is 0 Å². The van der Waals surface area contributed by atoms with Gasteiger partial charge >= 0.3 is 0 Å². The summed E-state index contributed by atoms with van der Waals surface area (Å²) in [6.45, 7) is 3.60. The summed E-state index contributed by atoms with van der Waals surface area (Å²) in [5, 5.41) is 13.5. The number of hydrogen-bond acceptors (Lipinski definition) is 5. The number of likely N-dealkylation sites (N-methyl/N-ethyl adjacent to an activating group) is 1. The van der Waals surface area contributed by atoms with Crippen LogP contribution in [0.3, 0.4) is 0 Å². The quantitative estimate of drug-likeness (QED) is 0.864. The molecule has 2 aliphatic rings. The Hall–Kier alpha value is -1.46. The first-order valence-corrected chi connectivity index (χ1v) is 7.22. The molecule has 0 saturated carbocycles. The molecule has 0 aliphatic carbocycles. The molecule has 3 rings (SSSR count). The first kappa shape index (κ1) is 13.5. The van der Waals surface area contributed by atoms with Crippen molar-refractivity contribution in [3.05, 3.63) is 18.2 Å². The van der Waals surface area contributed by atoms with Gasteiger partial charge in [-0.15, -0.1) is 0 Å². The van der Waals surface area contributed by atoms with Crippen molar-refractivity contribution in [1.29, 1.82) is 0 Å². The van der Waals surface area contributed by atoms with Crippen LogP contribution in [0.5, 0.6) is 11.5 Å². The predicted octanol–water partition coefficient (Wildman–Crippen LogP) is 1.01. The Labute approximate surface area is 119 Å². The van der Waals surface area contributed by atoms with Gasteiger partial charge in [0, 0.05) is 31.4 Å². The number of hydrogen-bond donors (Lipinski definition) is 2. The van der Waals surface area contributed by atoms with E-state index in [2.05, 4.69) is 16.3 Å². The average Bonchev–Trinajstić information content (AvgIpc) is 2.47. The minimum Gasteiger partial charge on any atom is -0.486 e. The highest BCUT2D eigenvalue weighted by atomic mass is 16.6. The molecular weight excluding hydrogens is 256 g/mol. The van der Waals surface area contributed by atoms with E-state index < -0.39 is 5.60 Å². The summed E-state index contributed by atoms with van der Waals surface area (Å²) in [6.07, 6.45) is 1.56. The van der Waals surface area contributed by atoms with Crippen LogP contribution in [0, 0.1) is 0 Å². The van der Waals surface area contributed by atoms with E-state index in [0.29, 0.717) is 19.8 Å². The van der Waals surface area contributed by atoms with E-state index in [1.165, 1.54) is 0 Å². The van der Waals surface area contributed by atoms with Gasteiger partial charge in [0.05, 0.1) is 5.60 Å². The average molecular weight is 278 g/mol. The fourth-order valence-corrected chi connectivity index (χ4v) is 2.92. The Morgan fingerprint density at radius 3 is 2.60 bits per heavy atom. The van der Waals surface area contributed by atoms with Crippen LogP contribution < -0.4 is 19.7 Å². The molecule has 5 nitrogen and oxygen atoms in total. The molecule has 20 heavy (non-hydrogen) atoms. The van der Waals surface area contributed by atoms with Crippen LogP contribution in [0.2, 0.25) is 0 Å². The van der Waals surface area contributed by atoms with Gasteiger partial charge in [0.1, 0.15) is 13.2 Å². The van der Waals surface area contributed by atoms with E-state index >= 15 is 0 Å². The molecule has 1 aromatic carbocycles. The molecule has 0 bridgehead atoms. The minimum absolute atomic E-state index is 0.570. The Bertz CT molecular complexity index is 470. The number of anilines is 1. The molecule has 1 aromatic rings. The zero-order valence-corrected chi connectivity index (χ0v) is 11.9. The largest absolute Gasteiger partial charge is 0.486 e. The van der Waals surface area contributed by atoms with Crippen LogP contribution >= 0.6 is 0 Å². The maximum atomic E-state index is 10.4. The summed E-state index contributed by atoms with van der Waals surface area (Å²) >= 11 is 0. The summed E-state index contributed by atoms with van der Waals surface area (Å²) in [7, 11) is 1.88. The van der Waals surface area contributed by atoms with Crippen molar-refractivity contribution in [3.63, 3.8) is 0 Å². The van der Waals surface area contributed by atoms with E-state index in [1.54, 1.807) is 0 Å². The van der Waals surface area contributed by atoms with Gasteiger partial charge in [-0.2, -0.15) is 0 Å². The Balaban J connectivity index is 1.69. The number of benzene rings is 1. The number of piperidine rings is 1. The highest BCUT2D eigenvalue weighted by molar-refractivity contribution is 5.57. The molecule has 0 aromatic heterocycles. The van der Waals surface area contributed by atoms with Crippen molar-refractivity contribution >= 4 is 5.69 Å². The lowest BCUT2D eigenvalue weighted by Crippen LogP contribution is -2.49. The van der Waals surface area contributed by atoms with Crippen molar-refractivity contribution in [3.8, 4) is 11.5 Å². The molecule has 0 amide bonds. The first-order chi connectivity index (χ1) is 9.70. The predicted molar refractivity (Wildman–Crippen MR) is 77.8 cm³/mol. The zero-order chi connectivity index (χ0) is 14.0.